The third kappa shape index (κ3) is 5.38. The van der Waals surface area contributed by atoms with E-state index in [2.05, 4.69) is 5.32 Å². The molecule has 140 valence electrons. The predicted molar refractivity (Wildman–Crippen MR) is 95.0 cm³/mol. The first-order chi connectivity index (χ1) is 12.2. The number of likely N-dealkylation sites (N-methyl/N-ethyl adjacent to an activating group) is 1. The number of carbonyl (C=O) groups excluding carboxylic acids is 2. The molecule has 0 aromatic heterocycles. The van der Waals surface area contributed by atoms with Crippen LogP contribution >= 0.6 is 0 Å². The Bertz CT molecular complexity index is 849. The molecule has 1 unspecified atom stereocenters. The second-order valence-electron chi connectivity index (χ2n) is 5.96. The zero-order valence-corrected chi connectivity index (χ0v) is 14.9. The predicted octanol–water partition coefficient (Wildman–Crippen LogP) is 0.370. The molecule has 0 bridgehead atoms. The van der Waals surface area contributed by atoms with E-state index in [0.717, 1.165) is 0 Å². The van der Waals surface area contributed by atoms with Crippen LogP contribution in [-0.4, -0.2) is 61.2 Å². The average Bonchev–Trinajstić information content (AvgIpc) is 2.97. The Balaban J connectivity index is 1.85. The van der Waals surface area contributed by atoms with E-state index in [1.807, 2.05) is 0 Å². The van der Waals surface area contributed by atoms with Gasteiger partial charge in [-0.2, -0.15) is 0 Å². The van der Waals surface area contributed by atoms with E-state index in [1.165, 1.54) is 42.3 Å². The fourth-order valence-corrected chi connectivity index (χ4v) is 4.32. The molecule has 0 radical (unpaired) electrons. The largest absolute Gasteiger partial charge is 0.343 e. The summed E-state index contributed by atoms with van der Waals surface area (Å²) in [6, 6.07) is 5.41. The van der Waals surface area contributed by atoms with Crippen LogP contribution in [0.4, 0.5) is 5.69 Å². The maximum atomic E-state index is 12.1. The van der Waals surface area contributed by atoms with Gasteiger partial charge in [-0.25, -0.2) is 8.42 Å². The van der Waals surface area contributed by atoms with Crippen LogP contribution in [0.25, 0.3) is 6.08 Å². The number of nitrogens with zero attached hydrogens (tertiary/aromatic N) is 2. The molecule has 0 aliphatic carbocycles. The minimum atomic E-state index is -3.09. The summed E-state index contributed by atoms with van der Waals surface area (Å²) in [7, 11) is -1.58. The minimum Gasteiger partial charge on any atom is -0.343 e. The van der Waals surface area contributed by atoms with Crippen molar-refractivity contribution in [1.82, 2.24) is 10.2 Å². The Kier molecular flexibility index (Phi) is 6.09. The standard InChI is InChI=1S/C16H19N3O6S/c1-18(14-7-8-26(24,25)11-14)16(21)10-17-15(20)6-5-12-3-2-4-13(9-12)19(22)23/h2-6,9,14H,7-8,10-11H2,1H3,(H,17,20)/b6-5+. The number of rotatable bonds is 6. The van der Waals surface area contributed by atoms with E-state index in [0.29, 0.717) is 12.0 Å². The first-order valence-corrected chi connectivity index (χ1v) is 9.66. The summed E-state index contributed by atoms with van der Waals surface area (Å²) >= 11 is 0. The molecule has 2 amide bonds. The quantitative estimate of drug-likeness (QED) is 0.431. The van der Waals surface area contributed by atoms with E-state index in [1.54, 1.807) is 6.07 Å². The van der Waals surface area contributed by atoms with Gasteiger partial charge in [-0.1, -0.05) is 12.1 Å². The number of sulfone groups is 1. The molecule has 10 heteroatoms. The van der Waals surface area contributed by atoms with Crippen molar-refractivity contribution in [3.05, 3.63) is 46.0 Å². The van der Waals surface area contributed by atoms with Crippen LogP contribution in [0.2, 0.25) is 0 Å². The smallest absolute Gasteiger partial charge is 0.270 e. The van der Waals surface area contributed by atoms with Gasteiger partial charge in [-0.15, -0.1) is 0 Å². The van der Waals surface area contributed by atoms with E-state index in [4.69, 9.17) is 0 Å². The van der Waals surface area contributed by atoms with Crippen LogP contribution in [-0.2, 0) is 19.4 Å². The number of nitro benzene ring substituents is 1. The van der Waals surface area contributed by atoms with Crippen LogP contribution in [0.5, 0.6) is 0 Å². The number of hydrogen-bond donors (Lipinski definition) is 1. The van der Waals surface area contributed by atoms with E-state index >= 15 is 0 Å². The summed E-state index contributed by atoms with van der Waals surface area (Å²) in [4.78, 5) is 35.4. The number of nitrogens with one attached hydrogen (secondary N) is 1. The number of carbonyl (C=O) groups is 2. The van der Waals surface area contributed by atoms with Crippen molar-refractivity contribution in [2.24, 2.45) is 0 Å². The van der Waals surface area contributed by atoms with Gasteiger partial charge < -0.3 is 10.2 Å². The number of nitro groups is 1. The molecule has 2 rings (SSSR count). The highest BCUT2D eigenvalue weighted by Crippen LogP contribution is 2.16. The molecule has 1 aromatic carbocycles. The number of non-ortho nitro benzene ring substituents is 1. The van der Waals surface area contributed by atoms with Crippen molar-refractivity contribution in [1.29, 1.82) is 0 Å². The summed E-state index contributed by atoms with van der Waals surface area (Å²) in [5.74, 6) is -0.912. The molecule has 1 fully saturated rings. The highest BCUT2D eigenvalue weighted by Gasteiger charge is 2.32. The zero-order valence-electron chi connectivity index (χ0n) is 14.1. The lowest BCUT2D eigenvalue weighted by Crippen LogP contribution is -2.43. The van der Waals surface area contributed by atoms with Crippen molar-refractivity contribution in [3.63, 3.8) is 0 Å². The fourth-order valence-electron chi connectivity index (χ4n) is 2.54. The summed E-state index contributed by atoms with van der Waals surface area (Å²) in [6.45, 7) is -0.259. The molecule has 1 saturated heterocycles. The lowest BCUT2D eigenvalue weighted by Gasteiger charge is -2.23. The molecule has 1 N–H and O–H groups in total. The molecular formula is C16H19N3O6S. The average molecular weight is 381 g/mol. The Morgan fingerprint density at radius 1 is 1.42 bits per heavy atom. The molecule has 1 heterocycles. The van der Waals surface area contributed by atoms with Crippen LogP contribution in [0, 0.1) is 10.1 Å². The Morgan fingerprint density at radius 2 is 2.15 bits per heavy atom. The van der Waals surface area contributed by atoms with Crippen molar-refractivity contribution in [2.45, 2.75) is 12.5 Å². The monoisotopic (exact) mass is 381 g/mol. The fraction of sp³-hybridized carbons (Fsp3) is 0.375. The SMILES string of the molecule is CN(C(=O)CNC(=O)/C=C/c1cccc([N+](=O)[O-])c1)C1CCS(=O)(=O)C1. The summed E-state index contributed by atoms with van der Waals surface area (Å²) in [5, 5.41) is 13.1. The topological polar surface area (TPSA) is 127 Å². The number of amides is 2. The van der Waals surface area contributed by atoms with Crippen molar-refractivity contribution < 1.29 is 22.9 Å². The molecule has 0 spiro atoms. The number of hydrogen-bond acceptors (Lipinski definition) is 6. The molecule has 1 aromatic rings. The second kappa shape index (κ2) is 8.09. The van der Waals surface area contributed by atoms with Gasteiger partial charge in [0.25, 0.3) is 5.69 Å². The van der Waals surface area contributed by atoms with Gasteiger partial charge in [0, 0.05) is 31.3 Å². The van der Waals surface area contributed by atoms with Crippen LogP contribution in [0.3, 0.4) is 0 Å². The normalized spacial score (nSPS) is 18.6. The highest BCUT2D eigenvalue weighted by molar-refractivity contribution is 7.91. The molecule has 1 aliphatic heterocycles. The lowest BCUT2D eigenvalue weighted by molar-refractivity contribution is -0.384. The minimum absolute atomic E-state index is 0.0596. The first-order valence-electron chi connectivity index (χ1n) is 7.84. The summed E-state index contributed by atoms with van der Waals surface area (Å²) < 4.78 is 22.9. The van der Waals surface area contributed by atoms with Gasteiger partial charge in [0.05, 0.1) is 23.0 Å². The maximum absolute atomic E-state index is 12.1. The Morgan fingerprint density at radius 3 is 2.77 bits per heavy atom. The van der Waals surface area contributed by atoms with Gasteiger partial charge in [0.15, 0.2) is 9.84 Å². The van der Waals surface area contributed by atoms with Gasteiger partial charge >= 0.3 is 0 Å². The number of benzene rings is 1. The van der Waals surface area contributed by atoms with Gasteiger partial charge in [0.2, 0.25) is 11.8 Å². The van der Waals surface area contributed by atoms with Crippen molar-refractivity contribution >= 4 is 33.4 Å². The molecule has 9 nitrogen and oxygen atoms in total. The maximum Gasteiger partial charge on any atom is 0.270 e. The van der Waals surface area contributed by atoms with E-state index in [9.17, 15) is 28.1 Å². The van der Waals surface area contributed by atoms with E-state index in [-0.39, 0.29) is 35.7 Å². The molecule has 1 aliphatic rings. The Labute approximate surface area is 150 Å². The van der Waals surface area contributed by atoms with Crippen molar-refractivity contribution in [2.75, 3.05) is 25.1 Å². The third-order valence-corrected chi connectivity index (χ3v) is 5.82. The zero-order chi connectivity index (χ0) is 19.3. The highest BCUT2D eigenvalue weighted by atomic mass is 32.2. The van der Waals surface area contributed by atoms with Gasteiger partial charge in [-0.05, 0) is 18.1 Å². The van der Waals surface area contributed by atoms with Crippen LogP contribution in [0.1, 0.15) is 12.0 Å². The second-order valence-corrected chi connectivity index (χ2v) is 8.19. The summed E-state index contributed by atoms with van der Waals surface area (Å²) in [6.07, 6.45) is 2.97. The summed E-state index contributed by atoms with van der Waals surface area (Å²) in [5.41, 5.74) is 0.393. The van der Waals surface area contributed by atoms with Crippen LogP contribution in [0.15, 0.2) is 30.3 Å². The first kappa shape index (κ1) is 19.6. The van der Waals surface area contributed by atoms with Gasteiger partial charge in [0.1, 0.15) is 0 Å². The molecule has 0 saturated carbocycles. The molecular weight excluding hydrogens is 362 g/mol. The van der Waals surface area contributed by atoms with Crippen LogP contribution < -0.4 is 5.32 Å². The van der Waals surface area contributed by atoms with Crippen molar-refractivity contribution in [3.8, 4) is 0 Å². The Hall–Kier alpha value is -2.75. The lowest BCUT2D eigenvalue weighted by atomic mass is 10.2. The molecule has 26 heavy (non-hydrogen) atoms. The third-order valence-electron chi connectivity index (χ3n) is 4.07. The van der Waals surface area contributed by atoms with Gasteiger partial charge in [-0.3, -0.25) is 19.7 Å². The van der Waals surface area contributed by atoms with E-state index < -0.39 is 20.7 Å². The molecule has 1 atom stereocenters.